The summed E-state index contributed by atoms with van der Waals surface area (Å²) in [4.78, 5) is 16.5. The van der Waals surface area contributed by atoms with Crippen LogP contribution in [0, 0.1) is 5.82 Å². The van der Waals surface area contributed by atoms with Crippen molar-refractivity contribution < 1.29 is 23.4 Å². The fraction of sp³-hybridized carbons (Fsp3) is 0.0833. The summed E-state index contributed by atoms with van der Waals surface area (Å²) >= 11 is 6.96. The fourth-order valence-electron chi connectivity index (χ4n) is 3.03. The number of aliphatic imine (C=N–C) groups is 1. The Labute approximate surface area is 200 Å². The summed E-state index contributed by atoms with van der Waals surface area (Å²) in [6.45, 7) is 0.354. The van der Waals surface area contributed by atoms with E-state index in [9.17, 15) is 9.18 Å². The number of halogens is 3. The lowest BCUT2D eigenvalue weighted by molar-refractivity contribution is -0.129. The van der Waals surface area contributed by atoms with Crippen molar-refractivity contribution in [2.45, 2.75) is 6.61 Å². The second-order valence-corrected chi connectivity index (χ2v) is 8.57. The highest BCUT2D eigenvalue weighted by Gasteiger charge is 2.24. The molecule has 0 saturated heterocycles. The van der Waals surface area contributed by atoms with Crippen LogP contribution in [-0.4, -0.2) is 19.0 Å². The van der Waals surface area contributed by atoms with Crippen LogP contribution in [0.3, 0.4) is 0 Å². The largest absolute Gasteiger partial charge is 0.493 e. The second-order valence-electron chi connectivity index (χ2n) is 6.80. The first-order valence-electron chi connectivity index (χ1n) is 9.46. The van der Waals surface area contributed by atoms with Gasteiger partial charge in [0, 0.05) is 10.0 Å². The number of benzene rings is 3. The molecule has 1 aliphatic rings. The van der Waals surface area contributed by atoms with E-state index in [0.29, 0.717) is 33.7 Å². The summed E-state index contributed by atoms with van der Waals surface area (Å²) in [7, 11) is 1.54. The minimum absolute atomic E-state index is 0.126. The molecule has 0 unspecified atom stereocenters. The molecule has 3 aromatic rings. The topological polar surface area (TPSA) is 57.1 Å². The molecule has 3 aromatic carbocycles. The Hall–Kier alpha value is -2.97. The molecule has 0 N–H and O–H groups in total. The van der Waals surface area contributed by atoms with E-state index in [2.05, 4.69) is 36.9 Å². The molecule has 0 bridgehead atoms. The highest BCUT2D eigenvalue weighted by Crippen LogP contribution is 2.38. The molecule has 0 aliphatic carbocycles. The molecule has 1 aliphatic heterocycles. The summed E-state index contributed by atoms with van der Waals surface area (Å²) in [5.41, 5.74) is 2.30. The van der Waals surface area contributed by atoms with Crippen LogP contribution in [0.1, 0.15) is 16.7 Å². The molecule has 0 saturated carbocycles. The molecule has 8 heteroatoms. The van der Waals surface area contributed by atoms with Gasteiger partial charge in [0.2, 0.25) is 5.90 Å². The highest BCUT2D eigenvalue weighted by molar-refractivity contribution is 9.10. The third kappa shape index (κ3) is 5.08. The predicted octanol–water partition coefficient (Wildman–Crippen LogP) is 6.28. The lowest BCUT2D eigenvalue weighted by Gasteiger charge is -2.14. The number of nitrogens with zero attached hydrogens (tertiary/aromatic N) is 1. The number of methoxy groups -OCH3 is 1. The average Bonchev–Trinajstić information content (AvgIpc) is 3.13. The number of rotatable bonds is 6. The Balaban J connectivity index is 1.59. The number of carbonyl (C=O) groups excluding carboxylic acids is 1. The van der Waals surface area contributed by atoms with Gasteiger partial charge < -0.3 is 14.2 Å². The van der Waals surface area contributed by atoms with Gasteiger partial charge >= 0.3 is 5.97 Å². The van der Waals surface area contributed by atoms with E-state index in [1.165, 1.54) is 24.3 Å². The number of hydrogen-bond donors (Lipinski definition) is 0. The van der Waals surface area contributed by atoms with Crippen molar-refractivity contribution in [2.24, 2.45) is 4.99 Å². The van der Waals surface area contributed by atoms with Gasteiger partial charge in [0.1, 0.15) is 12.4 Å². The molecule has 162 valence electrons. The van der Waals surface area contributed by atoms with Gasteiger partial charge in [-0.3, -0.25) is 0 Å². The van der Waals surface area contributed by atoms with Gasteiger partial charge in [-0.2, -0.15) is 0 Å². The molecule has 0 fully saturated rings. The summed E-state index contributed by atoms with van der Waals surface area (Å²) < 4.78 is 31.5. The maximum Gasteiger partial charge on any atom is 0.363 e. The number of ether oxygens (including phenoxy) is 3. The van der Waals surface area contributed by atoms with Crippen LogP contribution >= 0.6 is 31.9 Å². The van der Waals surface area contributed by atoms with Gasteiger partial charge in [-0.25, -0.2) is 14.2 Å². The highest BCUT2D eigenvalue weighted by atomic mass is 79.9. The zero-order valence-electron chi connectivity index (χ0n) is 16.8. The Morgan fingerprint density at radius 2 is 1.88 bits per heavy atom. The Morgan fingerprint density at radius 3 is 2.59 bits per heavy atom. The third-order valence-corrected chi connectivity index (χ3v) is 5.62. The van der Waals surface area contributed by atoms with Crippen LogP contribution in [0.2, 0.25) is 0 Å². The first-order valence-corrected chi connectivity index (χ1v) is 11.0. The molecule has 32 heavy (non-hydrogen) atoms. The van der Waals surface area contributed by atoms with E-state index in [1.54, 1.807) is 25.3 Å². The second kappa shape index (κ2) is 9.67. The van der Waals surface area contributed by atoms with E-state index >= 15 is 0 Å². The lowest BCUT2D eigenvalue weighted by atomic mass is 10.1. The monoisotopic (exact) mass is 559 g/mol. The van der Waals surface area contributed by atoms with Gasteiger partial charge in [0.05, 0.1) is 11.6 Å². The van der Waals surface area contributed by atoms with E-state index < -0.39 is 5.97 Å². The summed E-state index contributed by atoms with van der Waals surface area (Å²) in [5.74, 6) is 0.193. The quantitative estimate of drug-likeness (QED) is 0.263. The van der Waals surface area contributed by atoms with Crippen molar-refractivity contribution in [3.63, 3.8) is 0 Å². The van der Waals surface area contributed by atoms with E-state index in [-0.39, 0.29) is 17.4 Å². The van der Waals surface area contributed by atoms with Gasteiger partial charge in [-0.05, 0) is 81.7 Å². The fourth-order valence-corrected chi connectivity index (χ4v) is 4.05. The van der Waals surface area contributed by atoms with E-state index in [1.807, 2.05) is 24.3 Å². The number of hydrogen-bond acceptors (Lipinski definition) is 5. The lowest BCUT2D eigenvalue weighted by Crippen LogP contribution is -2.05. The van der Waals surface area contributed by atoms with Gasteiger partial charge in [-0.1, -0.05) is 28.1 Å². The van der Waals surface area contributed by atoms with Crippen molar-refractivity contribution in [3.05, 3.63) is 97.8 Å². The molecule has 0 atom stereocenters. The normalized spacial score (nSPS) is 14.3. The summed E-state index contributed by atoms with van der Waals surface area (Å²) in [6.07, 6.45) is 1.59. The SMILES string of the molecule is COc1cc(/C=C2\N=C(c3ccc(F)cc3)OC2=O)cc(Br)c1OCc1cccc(Br)c1. The first-order chi connectivity index (χ1) is 15.4. The minimum atomic E-state index is -0.589. The Morgan fingerprint density at radius 1 is 1.09 bits per heavy atom. The summed E-state index contributed by atoms with van der Waals surface area (Å²) in [6, 6.07) is 16.9. The first kappa shape index (κ1) is 22.2. The van der Waals surface area contributed by atoms with Crippen molar-refractivity contribution in [3.8, 4) is 11.5 Å². The van der Waals surface area contributed by atoms with Gasteiger partial charge in [-0.15, -0.1) is 0 Å². The van der Waals surface area contributed by atoms with Crippen LogP contribution in [0.5, 0.6) is 11.5 Å². The molecule has 1 heterocycles. The molecular weight excluding hydrogens is 545 g/mol. The Bertz CT molecular complexity index is 1240. The maximum absolute atomic E-state index is 13.1. The van der Waals surface area contributed by atoms with E-state index in [0.717, 1.165) is 10.0 Å². The van der Waals surface area contributed by atoms with E-state index in [4.69, 9.17) is 14.2 Å². The third-order valence-electron chi connectivity index (χ3n) is 4.54. The van der Waals surface area contributed by atoms with Crippen molar-refractivity contribution in [2.75, 3.05) is 7.11 Å². The van der Waals surface area contributed by atoms with Crippen molar-refractivity contribution in [1.29, 1.82) is 0 Å². The van der Waals surface area contributed by atoms with Gasteiger partial charge in [0.25, 0.3) is 0 Å². The minimum Gasteiger partial charge on any atom is -0.493 e. The number of carbonyl (C=O) groups is 1. The molecule has 4 rings (SSSR count). The van der Waals surface area contributed by atoms with Crippen LogP contribution in [-0.2, 0) is 16.1 Å². The number of cyclic esters (lactones) is 1. The van der Waals surface area contributed by atoms with Crippen LogP contribution in [0.25, 0.3) is 6.08 Å². The van der Waals surface area contributed by atoms with Crippen LogP contribution in [0.15, 0.2) is 80.3 Å². The average molecular weight is 561 g/mol. The molecule has 5 nitrogen and oxygen atoms in total. The predicted molar refractivity (Wildman–Crippen MR) is 126 cm³/mol. The van der Waals surface area contributed by atoms with Crippen molar-refractivity contribution >= 4 is 49.8 Å². The standard InChI is InChI=1S/C24H16Br2FNO4/c1-30-21-12-15(10-19(26)22(21)31-13-14-3-2-4-17(25)9-14)11-20-24(29)32-23(28-20)16-5-7-18(27)8-6-16/h2-12H,13H2,1H3/b20-11-. The van der Waals surface area contributed by atoms with Crippen LogP contribution in [0.4, 0.5) is 4.39 Å². The Kier molecular flexibility index (Phi) is 6.72. The van der Waals surface area contributed by atoms with Gasteiger partial charge in [0.15, 0.2) is 17.2 Å². The smallest absolute Gasteiger partial charge is 0.363 e. The summed E-state index contributed by atoms with van der Waals surface area (Å²) in [5, 5.41) is 0. The zero-order chi connectivity index (χ0) is 22.7. The molecule has 0 radical (unpaired) electrons. The molecule has 0 amide bonds. The molecule has 0 aromatic heterocycles. The molecular formula is C24H16Br2FNO4. The number of esters is 1. The van der Waals surface area contributed by atoms with Crippen LogP contribution < -0.4 is 9.47 Å². The molecule has 0 spiro atoms. The maximum atomic E-state index is 13.1. The zero-order valence-corrected chi connectivity index (χ0v) is 19.9. The van der Waals surface area contributed by atoms with Crippen molar-refractivity contribution in [1.82, 2.24) is 0 Å².